The number of amides is 1. The monoisotopic (exact) mass is 265 g/mol. The number of halogens is 1. The quantitative estimate of drug-likeness (QED) is 0.484. The second-order valence-corrected chi connectivity index (χ2v) is 3.79. The van der Waals surface area contributed by atoms with Crippen LogP contribution in [-0.4, -0.2) is 17.4 Å². The van der Waals surface area contributed by atoms with E-state index in [0.29, 0.717) is 25.8 Å². The molecule has 0 fully saturated rings. The highest BCUT2D eigenvalue weighted by atomic mass is 19.1. The molecule has 0 saturated heterocycles. The third-order valence-corrected chi connectivity index (χ3v) is 2.41. The van der Waals surface area contributed by atoms with E-state index in [2.05, 4.69) is 5.32 Å². The van der Waals surface area contributed by atoms with Crippen LogP contribution in [0.15, 0.2) is 18.2 Å². The first-order valence-corrected chi connectivity index (χ1v) is 5.65. The number of nitrogens with one attached hydrogen (secondary N) is 1. The van der Waals surface area contributed by atoms with E-state index >= 15 is 0 Å². The molecular weight excluding hydrogens is 253 g/mol. The first-order chi connectivity index (χ1) is 9.06. The third kappa shape index (κ3) is 4.35. The van der Waals surface area contributed by atoms with E-state index in [1.54, 1.807) is 0 Å². The molecule has 6 nitrogen and oxygen atoms in total. The van der Waals surface area contributed by atoms with Crippen molar-refractivity contribution in [3.05, 3.63) is 39.7 Å². The number of nitriles is 1. The lowest BCUT2D eigenvalue weighted by Gasteiger charge is -2.05. The van der Waals surface area contributed by atoms with E-state index in [9.17, 15) is 19.3 Å². The van der Waals surface area contributed by atoms with Crippen LogP contribution in [0.1, 0.15) is 29.6 Å². The largest absolute Gasteiger partial charge is 0.352 e. The molecular formula is C12H12FN3O3. The standard InChI is InChI=1S/C12H12FN3O3/c13-11-5-4-9(16(18)19)8-10(11)12(17)15-7-3-1-2-6-14/h4-5,8H,1-3,7H2,(H,15,17). The Hall–Kier alpha value is -2.49. The van der Waals surface area contributed by atoms with Crippen LogP contribution in [-0.2, 0) is 0 Å². The number of non-ortho nitro benzene ring substituents is 1. The fraction of sp³-hybridized carbons (Fsp3) is 0.333. The first-order valence-electron chi connectivity index (χ1n) is 5.65. The van der Waals surface area contributed by atoms with Gasteiger partial charge in [-0.05, 0) is 18.9 Å². The van der Waals surface area contributed by atoms with E-state index < -0.39 is 16.6 Å². The van der Waals surface area contributed by atoms with Crippen LogP contribution >= 0.6 is 0 Å². The van der Waals surface area contributed by atoms with Crippen LogP contribution in [0.5, 0.6) is 0 Å². The van der Waals surface area contributed by atoms with Gasteiger partial charge in [-0.25, -0.2) is 4.39 Å². The fourth-order valence-electron chi connectivity index (χ4n) is 1.43. The Balaban J connectivity index is 2.64. The van der Waals surface area contributed by atoms with Gasteiger partial charge in [-0.2, -0.15) is 5.26 Å². The van der Waals surface area contributed by atoms with Crippen molar-refractivity contribution in [2.75, 3.05) is 6.54 Å². The van der Waals surface area contributed by atoms with Crippen molar-refractivity contribution in [1.82, 2.24) is 5.32 Å². The van der Waals surface area contributed by atoms with Gasteiger partial charge in [0, 0.05) is 25.1 Å². The molecule has 0 aliphatic heterocycles. The molecule has 1 rings (SSSR count). The fourth-order valence-corrected chi connectivity index (χ4v) is 1.43. The Morgan fingerprint density at radius 1 is 1.47 bits per heavy atom. The second-order valence-electron chi connectivity index (χ2n) is 3.79. The van der Waals surface area contributed by atoms with Gasteiger partial charge < -0.3 is 5.32 Å². The maximum atomic E-state index is 13.4. The van der Waals surface area contributed by atoms with E-state index in [-0.39, 0.29) is 11.3 Å². The van der Waals surface area contributed by atoms with Crippen molar-refractivity contribution in [3.8, 4) is 6.07 Å². The van der Waals surface area contributed by atoms with Gasteiger partial charge in [0.15, 0.2) is 0 Å². The van der Waals surface area contributed by atoms with Gasteiger partial charge in [-0.3, -0.25) is 14.9 Å². The van der Waals surface area contributed by atoms with Crippen LogP contribution in [0.25, 0.3) is 0 Å². The molecule has 0 aliphatic carbocycles. The molecule has 0 aromatic heterocycles. The Bertz CT molecular complexity index is 525. The zero-order valence-corrected chi connectivity index (χ0v) is 10.1. The topological polar surface area (TPSA) is 96.0 Å². The minimum Gasteiger partial charge on any atom is -0.352 e. The van der Waals surface area contributed by atoms with E-state index in [4.69, 9.17) is 5.26 Å². The molecule has 1 N–H and O–H groups in total. The SMILES string of the molecule is N#CCCCCNC(=O)c1cc([N+](=O)[O-])ccc1F. The maximum Gasteiger partial charge on any atom is 0.270 e. The van der Waals surface area contributed by atoms with Crippen molar-refractivity contribution in [3.63, 3.8) is 0 Å². The Labute approximate surface area is 109 Å². The molecule has 0 heterocycles. The summed E-state index contributed by atoms with van der Waals surface area (Å²) in [6, 6.07) is 4.76. The minimum atomic E-state index is -0.805. The van der Waals surface area contributed by atoms with Crippen LogP contribution < -0.4 is 5.32 Å². The zero-order valence-electron chi connectivity index (χ0n) is 10.1. The van der Waals surface area contributed by atoms with Crippen molar-refractivity contribution < 1.29 is 14.1 Å². The minimum absolute atomic E-state index is 0.294. The molecule has 0 bridgehead atoms. The van der Waals surface area contributed by atoms with Gasteiger partial charge in [0.25, 0.3) is 11.6 Å². The number of rotatable bonds is 6. The summed E-state index contributed by atoms with van der Waals surface area (Å²) >= 11 is 0. The van der Waals surface area contributed by atoms with Gasteiger partial charge in [0.05, 0.1) is 16.6 Å². The van der Waals surface area contributed by atoms with E-state index in [1.807, 2.05) is 6.07 Å². The number of hydrogen-bond acceptors (Lipinski definition) is 4. The van der Waals surface area contributed by atoms with E-state index in [1.165, 1.54) is 0 Å². The summed E-state index contributed by atoms with van der Waals surface area (Å²) < 4.78 is 13.4. The molecule has 0 aliphatic rings. The van der Waals surface area contributed by atoms with Gasteiger partial charge in [0.1, 0.15) is 5.82 Å². The summed E-state index contributed by atoms with van der Waals surface area (Å²) in [5.41, 5.74) is -0.689. The lowest BCUT2D eigenvalue weighted by Crippen LogP contribution is -2.25. The van der Waals surface area contributed by atoms with Gasteiger partial charge in [0.2, 0.25) is 0 Å². The second kappa shape index (κ2) is 7.06. The molecule has 1 aromatic carbocycles. The summed E-state index contributed by atoms with van der Waals surface area (Å²) in [4.78, 5) is 21.5. The lowest BCUT2D eigenvalue weighted by molar-refractivity contribution is -0.384. The normalized spacial score (nSPS) is 9.68. The molecule has 100 valence electrons. The number of carbonyl (C=O) groups excluding carboxylic acids is 1. The average molecular weight is 265 g/mol. The molecule has 7 heteroatoms. The zero-order chi connectivity index (χ0) is 14.3. The van der Waals surface area contributed by atoms with Crippen LogP contribution in [0.3, 0.4) is 0 Å². The Morgan fingerprint density at radius 3 is 2.84 bits per heavy atom. The summed E-state index contributed by atoms with van der Waals surface area (Å²) in [5, 5.41) is 21.3. The Morgan fingerprint density at radius 2 is 2.21 bits per heavy atom. The molecule has 19 heavy (non-hydrogen) atoms. The molecule has 0 spiro atoms. The lowest BCUT2D eigenvalue weighted by atomic mass is 10.1. The van der Waals surface area contributed by atoms with Gasteiger partial charge in [-0.15, -0.1) is 0 Å². The molecule has 0 unspecified atom stereocenters. The van der Waals surface area contributed by atoms with E-state index in [0.717, 1.165) is 18.2 Å². The number of nitro groups is 1. The first kappa shape index (κ1) is 14.6. The predicted octanol–water partition coefficient (Wildman–Crippen LogP) is 2.16. The number of carbonyl (C=O) groups is 1. The highest BCUT2D eigenvalue weighted by molar-refractivity contribution is 5.95. The number of benzene rings is 1. The molecule has 0 saturated carbocycles. The van der Waals surface area contributed by atoms with Crippen LogP contribution in [0.2, 0.25) is 0 Å². The molecule has 1 aromatic rings. The van der Waals surface area contributed by atoms with Crippen molar-refractivity contribution in [1.29, 1.82) is 5.26 Å². The molecule has 0 atom stereocenters. The number of nitro benzene ring substituents is 1. The van der Waals surface area contributed by atoms with Crippen molar-refractivity contribution in [2.45, 2.75) is 19.3 Å². The van der Waals surface area contributed by atoms with Gasteiger partial charge >= 0.3 is 0 Å². The average Bonchev–Trinajstić information content (AvgIpc) is 2.38. The number of unbranched alkanes of at least 4 members (excludes halogenated alkanes) is 2. The number of hydrogen-bond donors (Lipinski definition) is 1. The molecule has 1 amide bonds. The molecule has 0 radical (unpaired) electrons. The summed E-state index contributed by atoms with van der Waals surface area (Å²) in [6.07, 6.45) is 1.62. The van der Waals surface area contributed by atoms with Crippen LogP contribution in [0, 0.1) is 27.3 Å². The van der Waals surface area contributed by atoms with Crippen molar-refractivity contribution >= 4 is 11.6 Å². The number of nitrogens with zero attached hydrogens (tertiary/aromatic N) is 2. The van der Waals surface area contributed by atoms with Crippen molar-refractivity contribution in [2.24, 2.45) is 0 Å². The van der Waals surface area contributed by atoms with Gasteiger partial charge in [-0.1, -0.05) is 0 Å². The smallest absolute Gasteiger partial charge is 0.270 e. The highest BCUT2D eigenvalue weighted by Crippen LogP contribution is 2.16. The Kier molecular flexibility index (Phi) is 5.41. The summed E-state index contributed by atoms with van der Waals surface area (Å²) in [5.74, 6) is -1.50. The summed E-state index contributed by atoms with van der Waals surface area (Å²) in [6.45, 7) is 0.294. The van der Waals surface area contributed by atoms with Crippen LogP contribution in [0.4, 0.5) is 10.1 Å². The highest BCUT2D eigenvalue weighted by Gasteiger charge is 2.16. The predicted molar refractivity (Wildman–Crippen MR) is 64.9 cm³/mol. The maximum absolute atomic E-state index is 13.4. The summed E-state index contributed by atoms with van der Waals surface area (Å²) in [7, 11) is 0. The third-order valence-electron chi connectivity index (χ3n) is 2.41.